The number of halogens is 2. The van der Waals surface area contributed by atoms with Crippen molar-refractivity contribution < 1.29 is 23.5 Å². The molecular formula is C15H18F2N2O3. The van der Waals surface area contributed by atoms with Gasteiger partial charge in [0, 0.05) is 25.2 Å². The maximum absolute atomic E-state index is 13.4. The third-order valence-corrected chi connectivity index (χ3v) is 3.84. The molecule has 1 aliphatic rings. The molecule has 1 fully saturated rings. The summed E-state index contributed by atoms with van der Waals surface area (Å²) in [5.41, 5.74) is -0.0487. The lowest BCUT2D eigenvalue weighted by Gasteiger charge is -2.30. The summed E-state index contributed by atoms with van der Waals surface area (Å²) in [5, 5.41) is 11.5. The van der Waals surface area contributed by atoms with Crippen LogP contribution in [-0.2, 0) is 11.2 Å². The van der Waals surface area contributed by atoms with Crippen LogP contribution in [0.4, 0.5) is 13.6 Å². The molecule has 0 atom stereocenters. The molecule has 1 aliphatic heterocycles. The first-order chi connectivity index (χ1) is 10.5. The molecule has 1 heterocycles. The smallest absolute Gasteiger partial charge is 0.317 e. The highest BCUT2D eigenvalue weighted by Gasteiger charge is 2.26. The predicted octanol–water partition coefficient (Wildman–Crippen LogP) is 2.01. The largest absolute Gasteiger partial charge is 0.481 e. The van der Waals surface area contributed by atoms with E-state index >= 15 is 0 Å². The molecule has 0 aliphatic carbocycles. The SMILES string of the molecule is O=C(O)C1CCN(C(=O)NCCc2c(F)cccc2F)CC1. The third-order valence-electron chi connectivity index (χ3n) is 3.84. The normalized spacial score (nSPS) is 15.6. The van der Waals surface area contributed by atoms with Gasteiger partial charge in [-0.05, 0) is 31.4 Å². The van der Waals surface area contributed by atoms with Gasteiger partial charge in [0.05, 0.1) is 5.92 Å². The third kappa shape index (κ3) is 3.93. The molecule has 2 rings (SSSR count). The molecule has 5 nitrogen and oxygen atoms in total. The van der Waals surface area contributed by atoms with E-state index in [1.807, 2.05) is 0 Å². The van der Waals surface area contributed by atoms with E-state index < -0.39 is 23.5 Å². The molecule has 22 heavy (non-hydrogen) atoms. The molecular weight excluding hydrogens is 294 g/mol. The molecule has 120 valence electrons. The van der Waals surface area contributed by atoms with Gasteiger partial charge in [-0.25, -0.2) is 13.6 Å². The Morgan fingerprint density at radius 3 is 2.36 bits per heavy atom. The number of carboxylic acid groups (broad SMARTS) is 1. The van der Waals surface area contributed by atoms with Gasteiger partial charge in [0.15, 0.2) is 0 Å². The highest BCUT2D eigenvalue weighted by Crippen LogP contribution is 2.17. The number of amides is 2. The Kier molecular flexibility index (Phi) is 5.30. The van der Waals surface area contributed by atoms with Crippen LogP contribution in [0.2, 0.25) is 0 Å². The van der Waals surface area contributed by atoms with Crippen molar-refractivity contribution in [3.05, 3.63) is 35.4 Å². The van der Waals surface area contributed by atoms with Crippen LogP contribution in [-0.4, -0.2) is 41.6 Å². The number of rotatable bonds is 4. The van der Waals surface area contributed by atoms with Gasteiger partial charge < -0.3 is 15.3 Å². The zero-order chi connectivity index (χ0) is 16.1. The second-order valence-corrected chi connectivity index (χ2v) is 5.28. The minimum atomic E-state index is -0.838. The number of likely N-dealkylation sites (tertiary alicyclic amines) is 1. The molecule has 0 aromatic heterocycles. The average molecular weight is 312 g/mol. The summed E-state index contributed by atoms with van der Waals surface area (Å²) >= 11 is 0. The number of urea groups is 1. The Morgan fingerprint density at radius 1 is 1.23 bits per heavy atom. The number of benzene rings is 1. The number of carbonyl (C=O) groups is 2. The number of hydrogen-bond donors (Lipinski definition) is 2. The first kappa shape index (κ1) is 16.2. The van der Waals surface area contributed by atoms with Crippen LogP contribution >= 0.6 is 0 Å². The molecule has 0 unspecified atom stereocenters. The maximum Gasteiger partial charge on any atom is 0.317 e. The number of aliphatic carboxylic acids is 1. The summed E-state index contributed by atoms with van der Waals surface area (Å²) in [6.45, 7) is 0.864. The van der Waals surface area contributed by atoms with Gasteiger partial charge in [0.1, 0.15) is 11.6 Å². The minimum absolute atomic E-state index is 0.0487. The number of carbonyl (C=O) groups excluding carboxylic acids is 1. The quantitative estimate of drug-likeness (QED) is 0.893. The zero-order valence-corrected chi connectivity index (χ0v) is 12.0. The van der Waals surface area contributed by atoms with E-state index in [1.165, 1.54) is 23.1 Å². The van der Waals surface area contributed by atoms with Gasteiger partial charge in [-0.3, -0.25) is 4.79 Å². The second-order valence-electron chi connectivity index (χ2n) is 5.28. The summed E-state index contributed by atoms with van der Waals surface area (Å²) in [7, 11) is 0. The van der Waals surface area contributed by atoms with E-state index in [1.54, 1.807) is 0 Å². The summed E-state index contributed by atoms with van der Waals surface area (Å²) in [4.78, 5) is 24.3. The molecule has 1 saturated heterocycles. The minimum Gasteiger partial charge on any atom is -0.481 e. The van der Waals surface area contributed by atoms with Crippen molar-refractivity contribution >= 4 is 12.0 Å². The first-order valence-corrected chi connectivity index (χ1v) is 7.17. The first-order valence-electron chi connectivity index (χ1n) is 7.17. The molecule has 2 amide bonds. The van der Waals surface area contributed by atoms with E-state index in [9.17, 15) is 18.4 Å². The highest BCUT2D eigenvalue weighted by atomic mass is 19.1. The van der Waals surface area contributed by atoms with Crippen molar-refractivity contribution in [1.82, 2.24) is 10.2 Å². The van der Waals surface area contributed by atoms with Crippen molar-refractivity contribution in [2.75, 3.05) is 19.6 Å². The maximum atomic E-state index is 13.4. The lowest BCUT2D eigenvalue weighted by atomic mass is 9.97. The summed E-state index contributed by atoms with van der Waals surface area (Å²) in [5.74, 6) is -2.50. The monoisotopic (exact) mass is 312 g/mol. The van der Waals surface area contributed by atoms with Crippen molar-refractivity contribution in [3.8, 4) is 0 Å². The van der Waals surface area contributed by atoms with E-state index in [0.717, 1.165) is 0 Å². The molecule has 2 N–H and O–H groups in total. The lowest BCUT2D eigenvalue weighted by Crippen LogP contribution is -2.46. The molecule has 0 spiro atoms. The van der Waals surface area contributed by atoms with Crippen molar-refractivity contribution in [2.45, 2.75) is 19.3 Å². The zero-order valence-electron chi connectivity index (χ0n) is 12.0. The number of nitrogens with one attached hydrogen (secondary N) is 1. The summed E-state index contributed by atoms with van der Waals surface area (Å²) < 4.78 is 26.9. The fourth-order valence-corrected chi connectivity index (χ4v) is 2.51. The van der Waals surface area contributed by atoms with Crippen molar-refractivity contribution in [3.63, 3.8) is 0 Å². The van der Waals surface area contributed by atoms with Crippen LogP contribution in [0.25, 0.3) is 0 Å². The van der Waals surface area contributed by atoms with E-state index in [4.69, 9.17) is 5.11 Å². The number of piperidine rings is 1. The Balaban J connectivity index is 1.78. The fraction of sp³-hybridized carbons (Fsp3) is 0.467. The number of hydrogen-bond acceptors (Lipinski definition) is 2. The van der Waals surface area contributed by atoms with Gasteiger partial charge in [-0.15, -0.1) is 0 Å². The van der Waals surface area contributed by atoms with E-state index in [2.05, 4.69) is 5.32 Å². The second kappa shape index (κ2) is 7.20. The van der Waals surface area contributed by atoms with Gasteiger partial charge in [-0.2, -0.15) is 0 Å². The van der Waals surface area contributed by atoms with Crippen LogP contribution in [0.15, 0.2) is 18.2 Å². The van der Waals surface area contributed by atoms with Crippen LogP contribution in [0, 0.1) is 17.6 Å². The average Bonchev–Trinajstić information content (AvgIpc) is 2.50. The summed E-state index contributed by atoms with van der Waals surface area (Å²) in [6, 6.07) is 3.31. The Labute approximate surface area is 126 Å². The van der Waals surface area contributed by atoms with Gasteiger partial charge in [0.25, 0.3) is 0 Å². The lowest BCUT2D eigenvalue weighted by molar-refractivity contribution is -0.143. The Morgan fingerprint density at radius 2 is 1.82 bits per heavy atom. The standard InChI is InChI=1S/C15H18F2N2O3/c16-12-2-1-3-13(17)11(12)4-7-18-15(22)19-8-5-10(6-9-19)14(20)21/h1-3,10H,4-9H2,(H,18,22)(H,20,21). The molecule has 1 aromatic carbocycles. The van der Waals surface area contributed by atoms with E-state index in [0.29, 0.717) is 25.9 Å². The summed E-state index contributed by atoms with van der Waals surface area (Å²) in [6.07, 6.45) is 0.908. The molecule has 1 aromatic rings. The molecule has 7 heteroatoms. The van der Waals surface area contributed by atoms with Gasteiger partial charge in [0.2, 0.25) is 0 Å². The number of carboxylic acids is 1. The Bertz CT molecular complexity index is 537. The fourth-order valence-electron chi connectivity index (χ4n) is 2.51. The van der Waals surface area contributed by atoms with Gasteiger partial charge >= 0.3 is 12.0 Å². The van der Waals surface area contributed by atoms with E-state index in [-0.39, 0.29) is 24.6 Å². The van der Waals surface area contributed by atoms with Crippen LogP contribution in [0.3, 0.4) is 0 Å². The van der Waals surface area contributed by atoms with Crippen LogP contribution in [0.5, 0.6) is 0 Å². The molecule has 0 radical (unpaired) electrons. The highest BCUT2D eigenvalue weighted by molar-refractivity contribution is 5.75. The Hall–Kier alpha value is -2.18. The van der Waals surface area contributed by atoms with Crippen molar-refractivity contribution in [2.24, 2.45) is 5.92 Å². The van der Waals surface area contributed by atoms with Crippen molar-refractivity contribution in [1.29, 1.82) is 0 Å². The topological polar surface area (TPSA) is 69.6 Å². The van der Waals surface area contributed by atoms with Crippen LogP contribution in [0.1, 0.15) is 18.4 Å². The predicted molar refractivity (Wildman–Crippen MR) is 75.4 cm³/mol. The number of nitrogens with zero attached hydrogens (tertiary/aromatic N) is 1. The molecule has 0 bridgehead atoms. The molecule has 0 saturated carbocycles. The van der Waals surface area contributed by atoms with Gasteiger partial charge in [-0.1, -0.05) is 6.07 Å². The van der Waals surface area contributed by atoms with Crippen LogP contribution < -0.4 is 5.32 Å².